The summed E-state index contributed by atoms with van der Waals surface area (Å²) in [4.78, 5) is 20.6. The summed E-state index contributed by atoms with van der Waals surface area (Å²) in [6.07, 6.45) is 2.26. The Bertz CT molecular complexity index is 752. The van der Waals surface area contributed by atoms with Gasteiger partial charge in [-0.2, -0.15) is 0 Å². The molecule has 0 fully saturated rings. The van der Waals surface area contributed by atoms with Crippen molar-refractivity contribution in [1.82, 2.24) is 19.4 Å². The molecule has 0 spiro atoms. The monoisotopic (exact) mass is 320 g/mol. The number of carboxylic acid groups (broad SMARTS) is 1. The third-order valence-electron chi connectivity index (χ3n) is 3.16. The fourth-order valence-corrected chi connectivity index (χ4v) is 2.24. The number of hydrogen-bond acceptors (Lipinski definition) is 3. The van der Waals surface area contributed by atoms with Crippen LogP contribution >= 0.6 is 11.6 Å². The van der Waals surface area contributed by atoms with Crippen molar-refractivity contribution in [3.63, 3.8) is 0 Å². The molecular formula is C15H17ClN4O2. The molecule has 0 aliphatic heterocycles. The van der Waals surface area contributed by atoms with Gasteiger partial charge in [0.05, 0.1) is 18.6 Å². The first-order valence-electron chi connectivity index (χ1n) is 6.72. The van der Waals surface area contributed by atoms with E-state index in [1.165, 1.54) is 11.2 Å². The Kier molecular flexibility index (Phi) is 4.57. The lowest BCUT2D eigenvalue weighted by Gasteiger charge is -2.31. The Labute approximate surface area is 133 Å². The van der Waals surface area contributed by atoms with Crippen LogP contribution in [0, 0.1) is 11.8 Å². The van der Waals surface area contributed by atoms with E-state index in [1.54, 1.807) is 0 Å². The molecule has 1 amide bonds. The highest BCUT2D eigenvalue weighted by Gasteiger charge is 2.24. The topological polar surface area (TPSA) is 71.2 Å². The number of nitrogens with zero attached hydrogens (tertiary/aromatic N) is 4. The third kappa shape index (κ3) is 3.49. The first kappa shape index (κ1) is 16.1. The van der Waals surface area contributed by atoms with E-state index < -0.39 is 11.6 Å². The van der Waals surface area contributed by atoms with Gasteiger partial charge in [-0.15, -0.1) is 0 Å². The van der Waals surface area contributed by atoms with Gasteiger partial charge < -0.3 is 9.67 Å². The van der Waals surface area contributed by atoms with E-state index in [2.05, 4.69) is 21.8 Å². The molecule has 0 saturated heterocycles. The summed E-state index contributed by atoms with van der Waals surface area (Å²) in [5.41, 5.74) is 0.991. The highest BCUT2D eigenvalue weighted by Crippen LogP contribution is 2.19. The third-order valence-corrected chi connectivity index (χ3v) is 3.43. The summed E-state index contributed by atoms with van der Waals surface area (Å²) in [7, 11) is 0. The van der Waals surface area contributed by atoms with E-state index in [9.17, 15) is 9.90 Å². The summed E-state index contributed by atoms with van der Waals surface area (Å²) in [6, 6.07) is 1.84. The molecule has 0 unspecified atom stereocenters. The molecule has 2 aromatic rings. The Morgan fingerprint density at radius 1 is 1.41 bits per heavy atom. The van der Waals surface area contributed by atoms with Gasteiger partial charge in [0, 0.05) is 11.7 Å². The smallest absolute Gasteiger partial charge is 0.408 e. The SMILES string of the molecule is CC(C)(C)N(CC#CCn1ccc2ncnc(Cl)c21)C(=O)O. The minimum Gasteiger partial charge on any atom is -0.465 e. The van der Waals surface area contributed by atoms with Gasteiger partial charge in [0.15, 0.2) is 5.15 Å². The number of rotatable bonds is 2. The van der Waals surface area contributed by atoms with Gasteiger partial charge in [-0.1, -0.05) is 23.4 Å². The van der Waals surface area contributed by atoms with Crippen LogP contribution in [-0.4, -0.2) is 42.7 Å². The summed E-state index contributed by atoms with van der Waals surface area (Å²) < 4.78 is 1.84. The van der Waals surface area contributed by atoms with Crippen LogP contribution in [0.1, 0.15) is 20.8 Å². The van der Waals surface area contributed by atoms with Gasteiger partial charge in [-0.05, 0) is 26.8 Å². The summed E-state index contributed by atoms with van der Waals surface area (Å²) in [5.74, 6) is 5.84. The van der Waals surface area contributed by atoms with Crippen molar-refractivity contribution in [2.45, 2.75) is 32.9 Å². The second-order valence-electron chi connectivity index (χ2n) is 5.74. The van der Waals surface area contributed by atoms with E-state index in [4.69, 9.17) is 11.6 Å². The second kappa shape index (κ2) is 6.24. The van der Waals surface area contributed by atoms with Crippen LogP contribution in [0.25, 0.3) is 11.0 Å². The average molecular weight is 321 g/mol. The molecule has 0 bridgehead atoms. The first-order valence-corrected chi connectivity index (χ1v) is 7.10. The Morgan fingerprint density at radius 2 is 2.14 bits per heavy atom. The highest BCUT2D eigenvalue weighted by molar-refractivity contribution is 6.33. The molecule has 1 N–H and O–H groups in total. The molecule has 0 radical (unpaired) electrons. The first-order chi connectivity index (χ1) is 10.3. The van der Waals surface area contributed by atoms with E-state index in [0.29, 0.717) is 11.7 Å². The molecule has 6 nitrogen and oxygen atoms in total. The molecular weight excluding hydrogens is 304 g/mol. The van der Waals surface area contributed by atoms with Gasteiger partial charge in [0.1, 0.15) is 11.8 Å². The van der Waals surface area contributed by atoms with Gasteiger partial charge >= 0.3 is 6.09 Å². The molecule has 0 atom stereocenters. The highest BCUT2D eigenvalue weighted by atomic mass is 35.5. The fourth-order valence-electron chi connectivity index (χ4n) is 1.99. The van der Waals surface area contributed by atoms with E-state index in [1.807, 2.05) is 37.6 Å². The zero-order valence-electron chi connectivity index (χ0n) is 12.7. The number of carbonyl (C=O) groups is 1. The lowest BCUT2D eigenvalue weighted by atomic mass is 10.1. The molecule has 7 heteroatoms. The van der Waals surface area contributed by atoms with Crippen LogP contribution in [0.4, 0.5) is 4.79 Å². The van der Waals surface area contributed by atoms with Crippen molar-refractivity contribution in [3.05, 3.63) is 23.7 Å². The van der Waals surface area contributed by atoms with Crippen molar-refractivity contribution < 1.29 is 9.90 Å². The summed E-state index contributed by atoms with van der Waals surface area (Å²) in [5, 5.41) is 9.56. The number of amides is 1. The second-order valence-corrected chi connectivity index (χ2v) is 6.09. The normalized spacial score (nSPS) is 11.1. The standard InChI is InChI=1S/C15H17ClN4O2/c1-15(2,3)20(14(21)22)8-5-4-7-19-9-6-11-12(19)13(16)18-10-17-11/h6,9-10H,7-8H2,1-3H3,(H,21,22). The Hall–Kier alpha value is -2.26. The van der Waals surface area contributed by atoms with Crippen LogP contribution in [-0.2, 0) is 6.54 Å². The van der Waals surface area contributed by atoms with Crippen molar-refractivity contribution in [2.24, 2.45) is 0 Å². The van der Waals surface area contributed by atoms with Gasteiger partial charge in [0.2, 0.25) is 0 Å². The molecule has 0 aliphatic rings. The quantitative estimate of drug-likeness (QED) is 0.682. The number of hydrogen-bond donors (Lipinski definition) is 1. The minimum absolute atomic E-state index is 0.155. The number of aromatic nitrogens is 3. The maximum absolute atomic E-state index is 11.2. The molecule has 2 heterocycles. The van der Waals surface area contributed by atoms with Crippen molar-refractivity contribution in [3.8, 4) is 11.8 Å². The largest absolute Gasteiger partial charge is 0.465 e. The maximum atomic E-state index is 11.2. The maximum Gasteiger partial charge on any atom is 0.408 e. The minimum atomic E-state index is -0.982. The van der Waals surface area contributed by atoms with Crippen LogP contribution in [0.5, 0.6) is 0 Å². The van der Waals surface area contributed by atoms with Gasteiger partial charge in [0.25, 0.3) is 0 Å². The Balaban J connectivity index is 2.12. The summed E-state index contributed by atoms with van der Waals surface area (Å²) in [6.45, 7) is 6.05. The van der Waals surface area contributed by atoms with E-state index >= 15 is 0 Å². The molecule has 116 valence electrons. The van der Waals surface area contributed by atoms with E-state index in [-0.39, 0.29) is 6.54 Å². The van der Waals surface area contributed by atoms with Crippen molar-refractivity contribution >= 4 is 28.7 Å². The van der Waals surface area contributed by atoms with E-state index in [0.717, 1.165) is 11.0 Å². The lowest BCUT2D eigenvalue weighted by molar-refractivity contribution is 0.110. The van der Waals surface area contributed by atoms with Crippen LogP contribution in [0.15, 0.2) is 18.6 Å². The molecule has 0 saturated carbocycles. The predicted octanol–water partition coefficient (Wildman–Crippen LogP) is 2.87. The van der Waals surface area contributed by atoms with Gasteiger partial charge in [-0.3, -0.25) is 4.90 Å². The van der Waals surface area contributed by atoms with Crippen molar-refractivity contribution in [1.29, 1.82) is 0 Å². The van der Waals surface area contributed by atoms with Crippen LogP contribution in [0.3, 0.4) is 0 Å². The molecule has 0 aliphatic carbocycles. The summed E-state index contributed by atoms with van der Waals surface area (Å²) >= 11 is 6.06. The van der Waals surface area contributed by atoms with Crippen LogP contribution < -0.4 is 0 Å². The lowest BCUT2D eigenvalue weighted by Crippen LogP contribution is -2.45. The number of halogens is 1. The Morgan fingerprint density at radius 3 is 2.77 bits per heavy atom. The van der Waals surface area contributed by atoms with Crippen LogP contribution in [0.2, 0.25) is 5.15 Å². The molecule has 2 aromatic heterocycles. The molecule has 0 aromatic carbocycles. The zero-order valence-corrected chi connectivity index (χ0v) is 13.4. The fraction of sp³-hybridized carbons (Fsp3) is 0.400. The number of fused-ring (bicyclic) bond motifs is 1. The predicted molar refractivity (Wildman–Crippen MR) is 84.8 cm³/mol. The molecule has 22 heavy (non-hydrogen) atoms. The van der Waals surface area contributed by atoms with Gasteiger partial charge in [-0.25, -0.2) is 14.8 Å². The molecule has 2 rings (SSSR count). The van der Waals surface area contributed by atoms with Crippen molar-refractivity contribution in [2.75, 3.05) is 6.54 Å². The average Bonchev–Trinajstić information content (AvgIpc) is 2.81. The zero-order chi connectivity index (χ0) is 16.3.